The predicted octanol–water partition coefficient (Wildman–Crippen LogP) is 2.92. The molecule has 0 aromatic carbocycles. The van der Waals surface area contributed by atoms with Crippen molar-refractivity contribution in [3.63, 3.8) is 0 Å². The lowest BCUT2D eigenvalue weighted by Gasteiger charge is -1.98. The normalized spacial score (nSPS) is 9.62. The second-order valence-corrected chi connectivity index (χ2v) is 4.11. The number of ketones is 1. The summed E-state index contributed by atoms with van der Waals surface area (Å²) in [6, 6.07) is 0. The molecule has 0 amide bonds. The Bertz CT molecular complexity index is 485. The van der Waals surface area contributed by atoms with Crippen LogP contribution in [0.1, 0.15) is 39.4 Å². The lowest BCUT2D eigenvalue weighted by Crippen LogP contribution is -2.05. The van der Waals surface area contributed by atoms with E-state index in [1.165, 1.54) is 6.92 Å². The second kappa shape index (κ2) is 4.86. The summed E-state index contributed by atoms with van der Waals surface area (Å²) in [7, 11) is 0. The number of thiophene rings is 1. The fraction of sp³-hybridized carbons (Fsp3) is 0.400. The molecule has 0 N–H and O–H groups in total. The third-order valence-corrected chi connectivity index (χ3v) is 3.30. The highest BCUT2D eigenvalue weighted by atomic mass is 32.1. The van der Waals surface area contributed by atoms with E-state index in [-0.39, 0.29) is 23.0 Å². The monoisotopic (exact) mass is 239 g/mol. The molecule has 0 atom stereocenters. The third kappa shape index (κ3) is 2.09. The molecule has 0 spiro atoms. The first-order valence-corrected chi connectivity index (χ1v) is 5.51. The largest absolute Gasteiger partial charge is 0.462 e. The van der Waals surface area contributed by atoms with Crippen molar-refractivity contribution in [3.8, 4) is 0 Å². The molecular formula is C10H11N2O3S+. The standard InChI is InChI=1S/C10H11N2O3S/c1-4-15-10(14)7-5(2)8(6(3)13)16-9(7)12-11/h4H2,1-3H3/q+1. The second-order valence-electron chi connectivity index (χ2n) is 3.11. The van der Waals surface area contributed by atoms with Crippen LogP contribution in [0.2, 0.25) is 0 Å². The molecule has 84 valence electrons. The quantitative estimate of drug-likeness (QED) is 0.462. The van der Waals surface area contributed by atoms with Gasteiger partial charge in [-0.1, -0.05) is 0 Å². The molecule has 0 bridgehead atoms. The molecule has 0 fully saturated rings. The van der Waals surface area contributed by atoms with Gasteiger partial charge in [0, 0.05) is 0 Å². The molecule has 1 rings (SSSR count). The third-order valence-electron chi connectivity index (χ3n) is 2.02. The molecular weight excluding hydrogens is 228 g/mol. The summed E-state index contributed by atoms with van der Waals surface area (Å²) in [5, 5.41) is 8.88. The van der Waals surface area contributed by atoms with Crippen LogP contribution in [-0.2, 0) is 4.74 Å². The van der Waals surface area contributed by atoms with Gasteiger partial charge in [0.15, 0.2) is 16.3 Å². The van der Waals surface area contributed by atoms with Crippen LogP contribution in [0.5, 0.6) is 0 Å². The topological polar surface area (TPSA) is 71.5 Å². The number of Topliss-reactive ketones (excluding diaryl/α,β-unsaturated/α-hetero) is 1. The maximum Gasteiger partial charge on any atom is 0.456 e. The fourth-order valence-corrected chi connectivity index (χ4v) is 2.32. The van der Waals surface area contributed by atoms with Crippen molar-refractivity contribution in [3.05, 3.63) is 21.0 Å². The number of esters is 1. The number of carbonyl (C=O) groups is 2. The van der Waals surface area contributed by atoms with E-state index >= 15 is 0 Å². The molecule has 5 nitrogen and oxygen atoms in total. The zero-order chi connectivity index (χ0) is 12.3. The van der Waals surface area contributed by atoms with Crippen LogP contribution in [0.4, 0.5) is 5.00 Å². The lowest BCUT2D eigenvalue weighted by atomic mass is 10.1. The smallest absolute Gasteiger partial charge is 0.456 e. The van der Waals surface area contributed by atoms with Crippen molar-refractivity contribution in [1.82, 2.24) is 0 Å². The zero-order valence-corrected chi connectivity index (χ0v) is 10.1. The van der Waals surface area contributed by atoms with Crippen molar-refractivity contribution in [2.75, 3.05) is 6.61 Å². The summed E-state index contributed by atoms with van der Waals surface area (Å²) in [5.74, 6) is -0.737. The summed E-state index contributed by atoms with van der Waals surface area (Å²) < 4.78 is 4.83. The minimum atomic E-state index is -0.573. The van der Waals surface area contributed by atoms with Gasteiger partial charge in [-0.2, -0.15) is 0 Å². The van der Waals surface area contributed by atoms with E-state index in [0.29, 0.717) is 10.4 Å². The van der Waals surface area contributed by atoms with Crippen molar-refractivity contribution in [1.29, 1.82) is 5.39 Å². The van der Waals surface area contributed by atoms with Crippen LogP contribution < -0.4 is 0 Å². The minimum Gasteiger partial charge on any atom is -0.462 e. The fourth-order valence-electron chi connectivity index (χ4n) is 1.35. The first kappa shape index (κ1) is 12.3. The minimum absolute atomic E-state index is 0.112. The highest BCUT2D eigenvalue weighted by Gasteiger charge is 2.31. The molecule has 0 saturated carbocycles. The summed E-state index contributed by atoms with van der Waals surface area (Å²) in [5.41, 5.74) is 0.670. The van der Waals surface area contributed by atoms with Gasteiger partial charge in [-0.25, -0.2) is 4.79 Å². The van der Waals surface area contributed by atoms with Crippen LogP contribution >= 0.6 is 11.3 Å². The number of diazo groups is 1. The lowest BCUT2D eigenvalue weighted by molar-refractivity contribution is 0.0527. The maximum absolute atomic E-state index is 11.6. The Balaban J connectivity index is 3.33. The predicted molar refractivity (Wildman–Crippen MR) is 59.8 cm³/mol. The Morgan fingerprint density at radius 1 is 1.50 bits per heavy atom. The molecule has 0 aliphatic rings. The SMILES string of the molecule is CCOC(=O)c1c([N+]#N)sc(C(C)=O)c1C. The van der Waals surface area contributed by atoms with Crippen molar-refractivity contribution < 1.29 is 14.3 Å². The molecule has 0 unspecified atom stereocenters. The average Bonchev–Trinajstić information content (AvgIpc) is 2.55. The number of hydrogen-bond acceptors (Lipinski definition) is 5. The summed E-state index contributed by atoms with van der Waals surface area (Å²) >= 11 is 0.981. The Hall–Kier alpha value is -1.74. The number of ether oxygens (including phenoxy) is 1. The molecule has 1 aromatic heterocycles. The first-order valence-electron chi connectivity index (χ1n) is 4.69. The van der Waals surface area contributed by atoms with Crippen molar-refractivity contribution in [2.45, 2.75) is 20.8 Å². The average molecular weight is 239 g/mol. The first-order chi connectivity index (χ1) is 7.52. The summed E-state index contributed by atoms with van der Waals surface area (Å²) in [4.78, 5) is 26.3. The van der Waals surface area contributed by atoms with Crippen molar-refractivity contribution >= 4 is 28.1 Å². The van der Waals surface area contributed by atoms with Crippen LogP contribution in [0.15, 0.2) is 0 Å². The van der Waals surface area contributed by atoms with Gasteiger partial charge in [-0.05, 0) is 37.7 Å². The Labute approximate surface area is 96.7 Å². The Morgan fingerprint density at radius 3 is 2.56 bits per heavy atom. The Kier molecular flexibility index (Phi) is 3.74. The molecule has 16 heavy (non-hydrogen) atoms. The van der Waals surface area contributed by atoms with Crippen LogP contribution in [0.25, 0.3) is 4.98 Å². The maximum atomic E-state index is 11.6. The summed E-state index contributed by atoms with van der Waals surface area (Å²) in [6.45, 7) is 4.94. The highest BCUT2D eigenvalue weighted by Crippen LogP contribution is 2.36. The molecule has 1 aromatic rings. The van der Waals surface area contributed by atoms with Gasteiger partial charge in [-0.3, -0.25) is 4.79 Å². The van der Waals surface area contributed by atoms with E-state index in [2.05, 4.69) is 4.98 Å². The van der Waals surface area contributed by atoms with Gasteiger partial charge >= 0.3 is 11.0 Å². The van der Waals surface area contributed by atoms with E-state index in [0.717, 1.165) is 11.3 Å². The summed E-state index contributed by atoms with van der Waals surface area (Å²) in [6.07, 6.45) is 0. The van der Waals surface area contributed by atoms with Gasteiger partial charge < -0.3 is 4.74 Å². The molecule has 1 heterocycles. The molecule has 0 radical (unpaired) electrons. The number of hydrogen-bond donors (Lipinski definition) is 0. The van der Waals surface area contributed by atoms with Gasteiger partial charge in [0.05, 0.1) is 11.5 Å². The molecule has 0 aliphatic heterocycles. The van der Waals surface area contributed by atoms with Gasteiger partial charge in [0.1, 0.15) is 0 Å². The van der Waals surface area contributed by atoms with E-state index in [1.807, 2.05) is 0 Å². The highest BCUT2D eigenvalue weighted by molar-refractivity contribution is 7.18. The molecule has 0 aliphatic carbocycles. The van der Waals surface area contributed by atoms with Crippen molar-refractivity contribution in [2.24, 2.45) is 0 Å². The Morgan fingerprint density at radius 2 is 2.12 bits per heavy atom. The van der Waals surface area contributed by atoms with E-state index in [9.17, 15) is 9.59 Å². The van der Waals surface area contributed by atoms with Gasteiger partial charge in [-0.15, -0.1) is 0 Å². The van der Waals surface area contributed by atoms with Crippen LogP contribution in [0.3, 0.4) is 0 Å². The number of rotatable bonds is 3. The van der Waals surface area contributed by atoms with Gasteiger partial charge in [0.2, 0.25) is 5.39 Å². The molecule has 0 saturated heterocycles. The number of carbonyl (C=O) groups excluding carboxylic acids is 2. The van der Waals surface area contributed by atoms with Gasteiger partial charge in [0.25, 0.3) is 0 Å². The zero-order valence-electron chi connectivity index (χ0n) is 9.23. The van der Waals surface area contributed by atoms with Crippen LogP contribution in [0, 0.1) is 12.3 Å². The number of nitrogens with zero attached hydrogens (tertiary/aromatic N) is 2. The van der Waals surface area contributed by atoms with Crippen LogP contribution in [-0.4, -0.2) is 18.4 Å². The van der Waals surface area contributed by atoms with E-state index < -0.39 is 5.97 Å². The van der Waals surface area contributed by atoms with E-state index in [1.54, 1.807) is 13.8 Å². The molecule has 6 heteroatoms. The van der Waals surface area contributed by atoms with E-state index in [4.69, 9.17) is 10.1 Å².